The van der Waals surface area contributed by atoms with Crippen LogP contribution in [0.15, 0.2) is 36.4 Å². The third kappa shape index (κ3) is 5.43. The van der Waals surface area contributed by atoms with Gasteiger partial charge < -0.3 is 16.0 Å². The standard InChI is InChI=1S/C19H18Cl2FN3O3/c1-2-25(19(28)13-9-16(22)15(21)10-14(13)20)8-7-17(26)24-12-5-3-11(4-6-12)18(23)27/h3-6,9-10H,2,7-8H2,1H3,(H2,23,27)(H,24,26). The lowest BCUT2D eigenvalue weighted by molar-refractivity contribution is -0.116. The van der Waals surface area contributed by atoms with Crippen molar-refractivity contribution in [3.8, 4) is 0 Å². The molecule has 9 heteroatoms. The minimum atomic E-state index is -0.748. The van der Waals surface area contributed by atoms with Gasteiger partial charge in [-0.2, -0.15) is 0 Å². The third-order valence-electron chi connectivity index (χ3n) is 3.97. The average Bonchev–Trinajstić information content (AvgIpc) is 2.65. The Balaban J connectivity index is 1.99. The number of nitrogens with zero attached hydrogens (tertiary/aromatic N) is 1. The lowest BCUT2D eigenvalue weighted by Gasteiger charge is -2.21. The fourth-order valence-electron chi connectivity index (χ4n) is 2.44. The molecule has 0 spiro atoms. The number of anilines is 1. The van der Waals surface area contributed by atoms with Gasteiger partial charge in [-0.25, -0.2) is 4.39 Å². The van der Waals surface area contributed by atoms with Crippen molar-refractivity contribution in [1.82, 2.24) is 4.90 Å². The van der Waals surface area contributed by atoms with Gasteiger partial charge in [0, 0.05) is 30.8 Å². The van der Waals surface area contributed by atoms with E-state index in [2.05, 4.69) is 5.32 Å². The minimum Gasteiger partial charge on any atom is -0.366 e. The summed E-state index contributed by atoms with van der Waals surface area (Å²) < 4.78 is 13.7. The Morgan fingerprint density at radius 2 is 1.75 bits per heavy atom. The van der Waals surface area contributed by atoms with Gasteiger partial charge in [-0.05, 0) is 43.3 Å². The smallest absolute Gasteiger partial charge is 0.255 e. The number of hydrogen-bond acceptors (Lipinski definition) is 3. The first kappa shape index (κ1) is 21.7. The van der Waals surface area contributed by atoms with Crippen molar-refractivity contribution in [2.75, 3.05) is 18.4 Å². The van der Waals surface area contributed by atoms with Crippen LogP contribution < -0.4 is 11.1 Å². The molecule has 0 saturated heterocycles. The molecule has 2 rings (SSSR count). The van der Waals surface area contributed by atoms with E-state index in [0.29, 0.717) is 17.8 Å². The lowest BCUT2D eigenvalue weighted by atomic mass is 10.1. The van der Waals surface area contributed by atoms with Gasteiger partial charge in [0.05, 0.1) is 15.6 Å². The number of hydrogen-bond donors (Lipinski definition) is 2. The molecule has 0 saturated carbocycles. The maximum Gasteiger partial charge on any atom is 0.255 e. The van der Waals surface area contributed by atoms with E-state index in [9.17, 15) is 18.8 Å². The predicted octanol–water partition coefficient (Wildman–Crippen LogP) is 3.72. The fourth-order valence-corrected chi connectivity index (χ4v) is 2.90. The summed E-state index contributed by atoms with van der Waals surface area (Å²) in [5.74, 6) is -2.14. The zero-order valence-electron chi connectivity index (χ0n) is 15.0. The van der Waals surface area contributed by atoms with Crippen molar-refractivity contribution in [2.24, 2.45) is 5.73 Å². The number of halogens is 3. The van der Waals surface area contributed by atoms with Crippen LogP contribution in [0.2, 0.25) is 10.0 Å². The monoisotopic (exact) mass is 425 g/mol. The number of carbonyl (C=O) groups is 3. The van der Waals surface area contributed by atoms with Gasteiger partial charge in [0.2, 0.25) is 11.8 Å². The zero-order valence-corrected chi connectivity index (χ0v) is 16.5. The topological polar surface area (TPSA) is 92.5 Å². The first-order chi connectivity index (χ1) is 13.2. The molecule has 0 aliphatic rings. The normalized spacial score (nSPS) is 10.4. The number of rotatable bonds is 7. The molecule has 3 N–H and O–H groups in total. The van der Waals surface area contributed by atoms with E-state index >= 15 is 0 Å². The van der Waals surface area contributed by atoms with Crippen molar-refractivity contribution in [3.05, 3.63) is 63.4 Å². The van der Waals surface area contributed by atoms with Crippen LogP contribution in [0.25, 0.3) is 0 Å². The highest BCUT2D eigenvalue weighted by atomic mass is 35.5. The van der Waals surface area contributed by atoms with Crippen molar-refractivity contribution in [2.45, 2.75) is 13.3 Å². The molecule has 0 fully saturated rings. The summed E-state index contributed by atoms with van der Waals surface area (Å²) in [6.45, 7) is 2.15. The Hall–Kier alpha value is -2.64. The first-order valence-corrected chi connectivity index (χ1v) is 9.12. The number of nitrogens with one attached hydrogen (secondary N) is 1. The minimum absolute atomic E-state index is 0.0187. The molecule has 0 atom stereocenters. The maximum absolute atomic E-state index is 13.7. The number of amides is 3. The molecule has 28 heavy (non-hydrogen) atoms. The molecular weight excluding hydrogens is 408 g/mol. The van der Waals surface area contributed by atoms with Crippen LogP contribution in [0.5, 0.6) is 0 Å². The summed E-state index contributed by atoms with van der Waals surface area (Å²) in [5, 5.41) is 2.52. The molecule has 0 aromatic heterocycles. The molecular formula is C19H18Cl2FN3O3. The summed E-state index contributed by atoms with van der Waals surface area (Å²) in [5.41, 5.74) is 5.96. The molecule has 2 aromatic carbocycles. The molecule has 2 aromatic rings. The molecule has 0 heterocycles. The summed E-state index contributed by atoms with van der Waals surface area (Å²) >= 11 is 11.6. The summed E-state index contributed by atoms with van der Waals surface area (Å²) in [6.07, 6.45) is 0.0187. The van der Waals surface area contributed by atoms with E-state index in [1.807, 2.05) is 0 Å². The second-order valence-corrected chi connectivity index (χ2v) is 6.69. The Morgan fingerprint density at radius 3 is 2.32 bits per heavy atom. The molecule has 0 bridgehead atoms. The van der Waals surface area contributed by atoms with Gasteiger partial charge in [-0.15, -0.1) is 0 Å². The summed E-state index contributed by atoms with van der Waals surface area (Å²) in [6, 6.07) is 8.25. The molecule has 0 unspecified atom stereocenters. The second kappa shape index (κ2) is 9.52. The highest BCUT2D eigenvalue weighted by molar-refractivity contribution is 6.36. The van der Waals surface area contributed by atoms with Crippen molar-refractivity contribution in [1.29, 1.82) is 0 Å². The van der Waals surface area contributed by atoms with Crippen LogP contribution in [-0.4, -0.2) is 35.7 Å². The van der Waals surface area contributed by atoms with Gasteiger partial charge in [0.25, 0.3) is 5.91 Å². The average molecular weight is 426 g/mol. The number of benzene rings is 2. The van der Waals surface area contributed by atoms with Crippen LogP contribution in [0.3, 0.4) is 0 Å². The van der Waals surface area contributed by atoms with Crippen LogP contribution >= 0.6 is 23.2 Å². The van der Waals surface area contributed by atoms with Gasteiger partial charge in [0.15, 0.2) is 0 Å². The highest BCUT2D eigenvalue weighted by Gasteiger charge is 2.20. The van der Waals surface area contributed by atoms with Gasteiger partial charge in [-0.1, -0.05) is 23.2 Å². The third-order valence-corrected chi connectivity index (χ3v) is 4.57. The molecule has 3 amide bonds. The zero-order chi connectivity index (χ0) is 20.8. The highest BCUT2D eigenvalue weighted by Crippen LogP contribution is 2.25. The van der Waals surface area contributed by atoms with E-state index in [0.717, 1.165) is 6.07 Å². The second-order valence-electron chi connectivity index (χ2n) is 5.87. The van der Waals surface area contributed by atoms with Crippen LogP contribution in [0.4, 0.5) is 10.1 Å². The van der Waals surface area contributed by atoms with E-state index in [1.54, 1.807) is 19.1 Å². The van der Waals surface area contributed by atoms with Crippen LogP contribution in [0.1, 0.15) is 34.1 Å². The van der Waals surface area contributed by atoms with E-state index < -0.39 is 17.6 Å². The van der Waals surface area contributed by atoms with E-state index in [1.165, 1.54) is 23.1 Å². The number of nitrogens with two attached hydrogens (primary N) is 1. The number of carbonyl (C=O) groups excluding carboxylic acids is 3. The Bertz CT molecular complexity index is 904. The Morgan fingerprint density at radius 1 is 1.11 bits per heavy atom. The summed E-state index contributed by atoms with van der Waals surface area (Å²) in [7, 11) is 0. The molecule has 148 valence electrons. The van der Waals surface area contributed by atoms with Crippen LogP contribution in [0, 0.1) is 5.82 Å². The van der Waals surface area contributed by atoms with Crippen molar-refractivity contribution < 1.29 is 18.8 Å². The first-order valence-electron chi connectivity index (χ1n) is 8.36. The maximum atomic E-state index is 13.7. The summed E-state index contributed by atoms with van der Waals surface area (Å²) in [4.78, 5) is 37.1. The number of primary amides is 1. The van der Waals surface area contributed by atoms with Crippen molar-refractivity contribution >= 4 is 46.6 Å². The Labute approximate surface area is 171 Å². The van der Waals surface area contributed by atoms with Gasteiger partial charge in [-0.3, -0.25) is 14.4 Å². The molecule has 0 radical (unpaired) electrons. The molecule has 0 aliphatic heterocycles. The SMILES string of the molecule is CCN(CCC(=O)Nc1ccc(C(N)=O)cc1)C(=O)c1cc(F)c(Cl)cc1Cl. The van der Waals surface area contributed by atoms with Gasteiger partial charge >= 0.3 is 0 Å². The van der Waals surface area contributed by atoms with E-state index in [4.69, 9.17) is 28.9 Å². The predicted molar refractivity (Wildman–Crippen MR) is 106 cm³/mol. The molecule has 0 aliphatic carbocycles. The lowest BCUT2D eigenvalue weighted by Crippen LogP contribution is -2.34. The molecule has 6 nitrogen and oxygen atoms in total. The largest absolute Gasteiger partial charge is 0.366 e. The van der Waals surface area contributed by atoms with Crippen molar-refractivity contribution in [3.63, 3.8) is 0 Å². The quantitative estimate of drug-likeness (QED) is 0.661. The van der Waals surface area contributed by atoms with Crippen LogP contribution in [-0.2, 0) is 4.79 Å². The van der Waals surface area contributed by atoms with Gasteiger partial charge in [0.1, 0.15) is 5.82 Å². The fraction of sp³-hybridized carbons (Fsp3) is 0.211. The Kier molecular flexibility index (Phi) is 7.37. The van der Waals surface area contributed by atoms with E-state index in [-0.39, 0.29) is 34.5 Å².